The van der Waals surface area contributed by atoms with Crippen molar-refractivity contribution in [3.63, 3.8) is 0 Å². The lowest BCUT2D eigenvalue weighted by atomic mass is 9.99. The van der Waals surface area contributed by atoms with Gasteiger partial charge in [0.2, 0.25) is 5.91 Å². The highest BCUT2D eigenvalue weighted by Gasteiger charge is 2.20. The average molecular weight is 248 g/mol. The SMILES string of the molecule is Cc1ccc(C)c(C(C)NC(=O)[C@@H](N)C(C)C)c1. The normalized spacial score (nSPS) is 14.4. The van der Waals surface area contributed by atoms with E-state index < -0.39 is 6.04 Å². The van der Waals surface area contributed by atoms with Crippen LogP contribution in [-0.4, -0.2) is 11.9 Å². The predicted molar refractivity (Wildman–Crippen MR) is 75.3 cm³/mol. The second kappa shape index (κ2) is 6.01. The molecule has 0 spiro atoms. The number of carbonyl (C=O) groups is 1. The molecule has 3 nitrogen and oxygen atoms in total. The van der Waals surface area contributed by atoms with Crippen molar-refractivity contribution >= 4 is 5.91 Å². The van der Waals surface area contributed by atoms with Crippen LogP contribution >= 0.6 is 0 Å². The van der Waals surface area contributed by atoms with Gasteiger partial charge in [0.15, 0.2) is 0 Å². The van der Waals surface area contributed by atoms with Crippen LogP contribution < -0.4 is 11.1 Å². The van der Waals surface area contributed by atoms with E-state index in [1.165, 1.54) is 11.1 Å². The maximum absolute atomic E-state index is 11.9. The molecule has 0 bridgehead atoms. The van der Waals surface area contributed by atoms with Crippen LogP contribution in [0, 0.1) is 19.8 Å². The first-order valence-electron chi connectivity index (χ1n) is 6.46. The number of hydrogen-bond acceptors (Lipinski definition) is 2. The Kier molecular flexibility index (Phi) is 4.91. The van der Waals surface area contributed by atoms with E-state index in [-0.39, 0.29) is 17.9 Å². The summed E-state index contributed by atoms with van der Waals surface area (Å²) < 4.78 is 0. The summed E-state index contributed by atoms with van der Waals surface area (Å²) >= 11 is 0. The monoisotopic (exact) mass is 248 g/mol. The molecule has 3 N–H and O–H groups in total. The Labute approximate surface area is 110 Å². The van der Waals surface area contributed by atoms with Gasteiger partial charge >= 0.3 is 0 Å². The molecule has 0 aromatic heterocycles. The van der Waals surface area contributed by atoms with Crippen LogP contribution in [0.1, 0.15) is 43.5 Å². The molecule has 1 unspecified atom stereocenters. The molecule has 0 saturated heterocycles. The molecule has 0 aliphatic carbocycles. The fraction of sp³-hybridized carbons (Fsp3) is 0.533. The summed E-state index contributed by atoms with van der Waals surface area (Å²) in [5.41, 5.74) is 9.38. The Balaban J connectivity index is 2.79. The zero-order chi connectivity index (χ0) is 13.9. The molecule has 2 atom stereocenters. The van der Waals surface area contributed by atoms with Gasteiger partial charge in [-0.1, -0.05) is 37.6 Å². The van der Waals surface area contributed by atoms with Gasteiger partial charge in [0.1, 0.15) is 0 Å². The number of amides is 1. The third-order valence-electron chi connectivity index (χ3n) is 3.28. The Morgan fingerprint density at radius 2 is 1.83 bits per heavy atom. The number of nitrogens with one attached hydrogen (secondary N) is 1. The second-order valence-electron chi connectivity index (χ2n) is 5.36. The average Bonchev–Trinajstić information content (AvgIpc) is 2.30. The predicted octanol–water partition coefficient (Wildman–Crippen LogP) is 2.46. The number of nitrogens with two attached hydrogens (primary N) is 1. The van der Waals surface area contributed by atoms with Crippen molar-refractivity contribution < 1.29 is 4.79 Å². The maximum atomic E-state index is 11.9. The third kappa shape index (κ3) is 3.57. The Morgan fingerprint density at radius 1 is 1.22 bits per heavy atom. The Morgan fingerprint density at radius 3 is 2.39 bits per heavy atom. The van der Waals surface area contributed by atoms with Crippen molar-refractivity contribution in [2.24, 2.45) is 11.7 Å². The van der Waals surface area contributed by atoms with Crippen LogP contribution in [0.15, 0.2) is 18.2 Å². The molecule has 0 aliphatic rings. The van der Waals surface area contributed by atoms with Crippen molar-refractivity contribution in [1.29, 1.82) is 0 Å². The highest BCUT2D eigenvalue weighted by molar-refractivity contribution is 5.82. The molecular weight excluding hydrogens is 224 g/mol. The summed E-state index contributed by atoms with van der Waals surface area (Å²) in [7, 11) is 0. The van der Waals surface area contributed by atoms with Crippen LogP contribution in [0.4, 0.5) is 0 Å². The number of hydrogen-bond donors (Lipinski definition) is 2. The topological polar surface area (TPSA) is 55.1 Å². The Bertz CT molecular complexity index is 427. The van der Waals surface area contributed by atoms with E-state index in [2.05, 4.69) is 37.4 Å². The zero-order valence-corrected chi connectivity index (χ0v) is 11.9. The van der Waals surface area contributed by atoms with Gasteiger partial charge in [-0.05, 0) is 37.8 Å². The minimum Gasteiger partial charge on any atom is -0.348 e. The molecule has 3 heteroatoms. The van der Waals surface area contributed by atoms with E-state index in [1.54, 1.807) is 0 Å². The molecule has 0 fully saturated rings. The molecule has 1 rings (SSSR count). The van der Waals surface area contributed by atoms with E-state index in [1.807, 2.05) is 20.8 Å². The van der Waals surface area contributed by atoms with E-state index in [0.717, 1.165) is 5.56 Å². The minimum atomic E-state index is -0.447. The van der Waals surface area contributed by atoms with Crippen LogP contribution in [0.3, 0.4) is 0 Å². The van der Waals surface area contributed by atoms with Crippen LogP contribution in [0.2, 0.25) is 0 Å². The highest BCUT2D eigenvalue weighted by atomic mass is 16.2. The van der Waals surface area contributed by atoms with Crippen LogP contribution in [0.5, 0.6) is 0 Å². The zero-order valence-electron chi connectivity index (χ0n) is 11.9. The second-order valence-corrected chi connectivity index (χ2v) is 5.36. The lowest BCUT2D eigenvalue weighted by Gasteiger charge is -2.21. The molecule has 0 saturated carbocycles. The number of benzene rings is 1. The first-order chi connectivity index (χ1) is 8.32. The van der Waals surface area contributed by atoms with E-state index in [9.17, 15) is 4.79 Å². The van der Waals surface area contributed by atoms with Gasteiger partial charge in [0.05, 0.1) is 12.1 Å². The van der Waals surface area contributed by atoms with Crippen LogP contribution in [0.25, 0.3) is 0 Å². The summed E-state index contributed by atoms with van der Waals surface area (Å²) in [6.45, 7) is 10.0. The quantitative estimate of drug-likeness (QED) is 0.860. The fourth-order valence-corrected chi connectivity index (χ4v) is 1.92. The summed E-state index contributed by atoms with van der Waals surface area (Å²) in [6.07, 6.45) is 0. The van der Waals surface area contributed by atoms with Gasteiger partial charge in [0.25, 0.3) is 0 Å². The van der Waals surface area contributed by atoms with Crippen molar-refractivity contribution in [3.05, 3.63) is 34.9 Å². The fourth-order valence-electron chi connectivity index (χ4n) is 1.92. The molecule has 100 valence electrons. The molecule has 1 amide bonds. The van der Waals surface area contributed by atoms with Gasteiger partial charge in [-0.25, -0.2) is 0 Å². The largest absolute Gasteiger partial charge is 0.348 e. The van der Waals surface area contributed by atoms with Gasteiger partial charge in [-0.15, -0.1) is 0 Å². The summed E-state index contributed by atoms with van der Waals surface area (Å²) in [6, 6.07) is 5.81. The van der Waals surface area contributed by atoms with Crippen LogP contribution in [-0.2, 0) is 4.79 Å². The maximum Gasteiger partial charge on any atom is 0.237 e. The standard InChI is InChI=1S/C15H24N2O/c1-9(2)14(16)15(18)17-12(5)13-8-10(3)6-7-11(13)4/h6-9,12,14H,16H2,1-5H3,(H,17,18)/t12?,14-/m0/s1. The van der Waals surface area contributed by atoms with Crippen molar-refractivity contribution in [2.75, 3.05) is 0 Å². The highest BCUT2D eigenvalue weighted by Crippen LogP contribution is 2.19. The molecule has 0 radical (unpaired) electrons. The van der Waals surface area contributed by atoms with Gasteiger partial charge in [-0.3, -0.25) is 4.79 Å². The summed E-state index contributed by atoms with van der Waals surface area (Å²) in [4.78, 5) is 11.9. The van der Waals surface area contributed by atoms with Crippen molar-refractivity contribution in [3.8, 4) is 0 Å². The molecule has 0 heterocycles. The number of aryl methyl sites for hydroxylation is 2. The minimum absolute atomic E-state index is 0.0119. The molecular formula is C15H24N2O. The van der Waals surface area contributed by atoms with Crippen molar-refractivity contribution in [1.82, 2.24) is 5.32 Å². The van der Waals surface area contributed by atoms with Crippen molar-refractivity contribution in [2.45, 2.75) is 46.7 Å². The smallest absolute Gasteiger partial charge is 0.237 e. The lowest BCUT2D eigenvalue weighted by molar-refractivity contribution is -0.123. The summed E-state index contributed by atoms with van der Waals surface area (Å²) in [5, 5.41) is 2.98. The first-order valence-corrected chi connectivity index (χ1v) is 6.46. The van der Waals surface area contributed by atoms with Gasteiger partial charge < -0.3 is 11.1 Å². The number of carbonyl (C=O) groups excluding carboxylic acids is 1. The molecule has 1 aromatic rings. The summed E-state index contributed by atoms with van der Waals surface area (Å²) in [5.74, 6) is 0.0641. The third-order valence-corrected chi connectivity index (χ3v) is 3.28. The van der Waals surface area contributed by atoms with Gasteiger partial charge in [-0.2, -0.15) is 0 Å². The molecule has 0 aliphatic heterocycles. The van der Waals surface area contributed by atoms with Gasteiger partial charge in [0, 0.05) is 0 Å². The number of rotatable bonds is 4. The Hall–Kier alpha value is -1.35. The van der Waals surface area contributed by atoms with E-state index in [0.29, 0.717) is 0 Å². The molecule has 1 aromatic carbocycles. The van der Waals surface area contributed by atoms with E-state index in [4.69, 9.17) is 5.73 Å². The first kappa shape index (κ1) is 14.7. The molecule has 18 heavy (non-hydrogen) atoms. The van der Waals surface area contributed by atoms with E-state index >= 15 is 0 Å². The lowest BCUT2D eigenvalue weighted by Crippen LogP contribution is -2.44.